The van der Waals surface area contributed by atoms with Crippen LogP contribution in [-0.4, -0.2) is 37.0 Å². The van der Waals surface area contributed by atoms with Crippen LogP contribution in [0.5, 0.6) is 0 Å². The number of benzene rings is 2. The minimum atomic E-state index is -0.675. The largest absolute Gasteiger partial charge is 0.383 e. The summed E-state index contributed by atoms with van der Waals surface area (Å²) in [4.78, 5) is 29.5. The van der Waals surface area contributed by atoms with Crippen molar-refractivity contribution in [3.05, 3.63) is 86.8 Å². The molecule has 2 atom stereocenters. The maximum Gasteiger partial charge on any atom is 0.254 e. The van der Waals surface area contributed by atoms with Crippen molar-refractivity contribution < 1.29 is 18.7 Å². The number of halogens is 2. The second-order valence-corrected chi connectivity index (χ2v) is 8.52. The lowest BCUT2D eigenvalue weighted by Gasteiger charge is -2.41. The molecule has 0 spiro atoms. The standard InChI is InChI=1S/C23H20ClFN2O3S/c1-30-11-10-27-21(19-7-4-12-31-19)20(15-5-2-3-6-16(15)23(27)29)22(28)26-18-9-8-14(25)13-17(18)24/h2-9,12-13,20-21H,10-11H2,1H3,(H,26,28). The van der Waals surface area contributed by atoms with Gasteiger partial charge in [0.1, 0.15) is 5.82 Å². The number of nitrogens with zero attached hydrogens (tertiary/aromatic N) is 1. The summed E-state index contributed by atoms with van der Waals surface area (Å²) in [6.45, 7) is 0.682. The first kappa shape index (κ1) is 21.5. The molecule has 31 heavy (non-hydrogen) atoms. The highest BCUT2D eigenvalue weighted by molar-refractivity contribution is 7.10. The van der Waals surface area contributed by atoms with Gasteiger partial charge in [0.25, 0.3) is 5.91 Å². The van der Waals surface area contributed by atoms with Crippen LogP contribution < -0.4 is 5.32 Å². The van der Waals surface area contributed by atoms with Crippen molar-refractivity contribution in [1.82, 2.24) is 4.90 Å². The third-order valence-electron chi connectivity index (χ3n) is 5.28. The van der Waals surface area contributed by atoms with Gasteiger partial charge in [-0.2, -0.15) is 0 Å². The lowest BCUT2D eigenvalue weighted by Crippen LogP contribution is -2.47. The minimum absolute atomic E-state index is 0.109. The van der Waals surface area contributed by atoms with Gasteiger partial charge in [-0.15, -0.1) is 11.3 Å². The normalized spacial score (nSPS) is 18.0. The third kappa shape index (κ3) is 4.21. The smallest absolute Gasteiger partial charge is 0.254 e. The number of hydrogen-bond acceptors (Lipinski definition) is 4. The molecular weight excluding hydrogens is 439 g/mol. The first-order valence-corrected chi connectivity index (χ1v) is 10.9. The molecule has 2 unspecified atom stereocenters. The molecule has 0 bridgehead atoms. The van der Waals surface area contributed by atoms with E-state index in [1.807, 2.05) is 23.6 Å². The Morgan fingerprint density at radius 1 is 1.23 bits per heavy atom. The van der Waals surface area contributed by atoms with Gasteiger partial charge in [-0.05, 0) is 41.3 Å². The van der Waals surface area contributed by atoms with E-state index in [4.69, 9.17) is 16.3 Å². The average Bonchev–Trinajstić information content (AvgIpc) is 3.29. The number of carbonyl (C=O) groups is 2. The molecule has 1 N–H and O–H groups in total. The Hall–Kier alpha value is -2.74. The zero-order chi connectivity index (χ0) is 22.0. The van der Waals surface area contributed by atoms with E-state index in [0.717, 1.165) is 10.9 Å². The molecule has 0 saturated carbocycles. The van der Waals surface area contributed by atoms with Gasteiger partial charge in [0.05, 0.1) is 29.3 Å². The molecule has 1 aliphatic rings. The summed E-state index contributed by atoms with van der Waals surface area (Å²) >= 11 is 7.62. The van der Waals surface area contributed by atoms with Gasteiger partial charge in [-0.25, -0.2) is 4.39 Å². The Balaban J connectivity index is 1.80. The summed E-state index contributed by atoms with van der Waals surface area (Å²) in [5, 5.41) is 4.86. The summed E-state index contributed by atoms with van der Waals surface area (Å²) < 4.78 is 18.7. The number of fused-ring (bicyclic) bond motifs is 1. The highest BCUT2D eigenvalue weighted by Crippen LogP contribution is 2.44. The van der Waals surface area contributed by atoms with Crippen molar-refractivity contribution in [2.24, 2.45) is 0 Å². The van der Waals surface area contributed by atoms with Crippen LogP contribution >= 0.6 is 22.9 Å². The molecular formula is C23H20ClFN2O3S. The third-order valence-corrected chi connectivity index (χ3v) is 6.54. The number of nitrogens with one attached hydrogen (secondary N) is 1. The fraction of sp³-hybridized carbons (Fsp3) is 0.217. The molecule has 0 fully saturated rings. The van der Waals surface area contributed by atoms with Gasteiger partial charge in [0.2, 0.25) is 5.91 Å². The fourth-order valence-electron chi connectivity index (χ4n) is 3.89. The molecule has 3 aromatic rings. The molecule has 2 aromatic carbocycles. The van der Waals surface area contributed by atoms with E-state index in [2.05, 4.69) is 5.32 Å². The maximum atomic E-state index is 13.6. The Morgan fingerprint density at radius 2 is 2.03 bits per heavy atom. The number of amides is 2. The first-order valence-electron chi connectivity index (χ1n) is 9.69. The number of hydrogen-bond donors (Lipinski definition) is 1. The molecule has 1 aliphatic heterocycles. The summed E-state index contributed by atoms with van der Waals surface area (Å²) in [5.74, 6) is -1.63. The molecule has 0 radical (unpaired) electrons. The number of carbonyl (C=O) groups excluding carboxylic acids is 2. The molecule has 2 amide bonds. The van der Waals surface area contributed by atoms with Crippen molar-refractivity contribution in [2.75, 3.05) is 25.6 Å². The van der Waals surface area contributed by atoms with E-state index in [1.165, 1.54) is 23.5 Å². The van der Waals surface area contributed by atoms with Gasteiger partial charge in [-0.3, -0.25) is 9.59 Å². The van der Waals surface area contributed by atoms with Gasteiger partial charge < -0.3 is 15.0 Å². The number of methoxy groups -OCH3 is 1. The van der Waals surface area contributed by atoms with E-state index in [9.17, 15) is 14.0 Å². The maximum absolute atomic E-state index is 13.6. The molecule has 5 nitrogen and oxygen atoms in total. The van der Waals surface area contributed by atoms with E-state index in [-0.39, 0.29) is 16.8 Å². The van der Waals surface area contributed by atoms with Crippen LogP contribution in [0.15, 0.2) is 60.0 Å². The fourth-order valence-corrected chi connectivity index (χ4v) is 4.98. The van der Waals surface area contributed by atoms with Crippen LogP contribution in [0, 0.1) is 5.82 Å². The predicted octanol–water partition coefficient (Wildman–Crippen LogP) is 5.11. The van der Waals surface area contributed by atoms with Gasteiger partial charge >= 0.3 is 0 Å². The Kier molecular flexibility index (Phi) is 6.36. The zero-order valence-electron chi connectivity index (χ0n) is 16.7. The molecule has 8 heteroatoms. The second kappa shape index (κ2) is 9.18. The van der Waals surface area contributed by atoms with Gasteiger partial charge in [0, 0.05) is 24.1 Å². The topological polar surface area (TPSA) is 58.6 Å². The van der Waals surface area contributed by atoms with Crippen molar-refractivity contribution in [1.29, 1.82) is 0 Å². The van der Waals surface area contributed by atoms with Gasteiger partial charge in [-0.1, -0.05) is 35.9 Å². The number of ether oxygens (including phenoxy) is 1. The monoisotopic (exact) mass is 458 g/mol. The molecule has 4 rings (SSSR count). The second-order valence-electron chi connectivity index (χ2n) is 7.13. The van der Waals surface area contributed by atoms with Crippen LogP contribution in [0.4, 0.5) is 10.1 Å². The number of anilines is 1. The van der Waals surface area contributed by atoms with Crippen molar-refractivity contribution >= 4 is 40.4 Å². The van der Waals surface area contributed by atoms with E-state index < -0.39 is 17.8 Å². The number of thiophene rings is 1. The lowest BCUT2D eigenvalue weighted by molar-refractivity contribution is -0.119. The summed E-state index contributed by atoms with van der Waals surface area (Å²) in [6.07, 6.45) is 0. The van der Waals surface area contributed by atoms with Crippen LogP contribution in [0.25, 0.3) is 0 Å². The minimum Gasteiger partial charge on any atom is -0.383 e. The summed E-state index contributed by atoms with van der Waals surface area (Å²) in [6, 6.07) is 14.3. The van der Waals surface area contributed by atoms with Crippen molar-refractivity contribution in [2.45, 2.75) is 12.0 Å². The van der Waals surface area contributed by atoms with E-state index in [0.29, 0.717) is 30.0 Å². The lowest BCUT2D eigenvalue weighted by atomic mass is 9.81. The summed E-state index contributed by atoms with van der Waals surface area (Å²) in [7, 11) is 1.57. The number of rotatable bonds is 6. The average molecular weight is 459 g/mol. The van der Waals surface area contributed by atoms with E-state index in [1.54, 1.807) is 30.2 Å². The molecule has 0 aliphatic carbocycles. The van der Waals surface area contributed by atoms with Crippen molar-refractivity contribution in [3.63, 3.8) is 0 Å². The summed E-state index contributed by atoms with van der Waals surface area (Å²) in [5.41, 5.74) is 1.45. The van der Waals surface area contributed by atoms with Crippen LogP contribution in [0.1, 0.15) is 32.8 Å². The van der Waals surface area contributed by atoms with Crippen LogP contribution in [0.3, 0.4) is 0 Å². The Morgan fingerprint density at radius 3 is 2.74 bits per heavy atom. The molecule has 0 saturated heterocycles. The first-order chi connectivity index (χ1) is 15.0. The molecule has 160 valence electrons. The van der Waals surface area contributed by atoms with Crippen molar-refractivity contribution in [3.8, 4) is 0 Å². The Bertz CT molecular complexity index is 1110. The molecule has 2 heterocycles. The van der Waals surface area contributed by atoms with E-state index >= 15 is 0 Å². The predicted molar refractivity (Wildman–Crippen MR) is 119 cm³/mol. The van der Waals surface area contributed by atoms with Crippen LogP contribution in [0.2, 0.25) is 5.02 Å². The van der Waals surface area contributed by atoms with Crippen LogP contribution in [-0.2, 0) is 9.53 Å². The van der Waals surface area contributed by atoms with Gasteiger partial charge in [0.15, 0.2) is 0 Å². The highest BCUT2D eigenvalue weighted by atomic mass is 35.5. The zero-order valence-corrected chi connectivity index (χ0v) is 18.3. The quantitative estimate of drug-likeness (QED) is 0.558. The molecule has 1 aromatic heterocycles. The Labute approximate surface area is 188 Å². The SMILES string of the molecule is COCCN1C(=O)c2ccccc2C(C(=O)Nc2ccc(F)cc2Cl)C1c1cccs1. The highest BCUT2D eigenvalue weighted by Gasteiger charge is 2.44.